The Morgan fingerprint density at radius 2 is 1.97 bits per heavy atom. The molecule has 33 heavy (non-hydrogen) atoms. The van der Waals surface area contributed by atoms with E-state index in [0.29, 0.717) is 13.2 Å². The number of carbonyl (C=O) groups is 2. The molecule has 0 N–H and O–H groups in total. The van der Waals surface area contributed by atoms with Crippen molar-refractivity contribution in [3.8, 4) is 5.75 Å². The highest BCUT2D eigenvalue weighted by Gasteiger charge is 2.36. The Morgan fingerprint density at radius 3 is 2.70 bits per heavy atom. The molecule has 2 aromatic rings. The number of hydrogen-bond acceptors (Lipinski definition) is 4. The Labute approximate surface area is 201 Å². The predicted octanol–water partition coefficient (Wildman–Crippen LogP) is 5.38. The quantitative estimate of drug-likeness (QED) is 0.523. The fraction of sp³-hybridized carbons (Fsp3) is 0.556. The zero-order valence-corrected chi connectivity index (χ0v) is 20.9. The van der Waals surface area contributed by atoms with Crippen LogP contribution in [-0.4, -0.2) is 47.4 Å². The fourth-order valence-electron chi connectivity index (χ4n) is 5.08. The minimum atomic E-state index is -0.132. The molecule has 1 aromatic heterocycles. The Morgan fingerprint density at radius 1 is 1.21 bits per heavy atom. The summed E-state index contributed by atoms with van der Waals surface area (Å²) in [5, 5.41) is 2.11. The zero-order chi connectivity index (χ0) is 23.4. The molecule has 2 heterocycles. The number of ether oxygens (including phenoxy) is 1. The first kappa shape index (κ1) is 23.8. The lowest BCUT2D eigenvalue weighted by Gasteiger charge is -2.38. The maximum absolute atomic E-state index is 13.6. The van der Waals surface area contributed by atoms with Gasteiger partial charge in [0.1, 0.15) is 18.9 Å². The van der Waals surface area contributed by atoms with Gasteiger partial charge in [-0.2, -0.15) is 0 Å². The van der Waals surface area contributed by atoms with E-state index in [9.17, 15) is 9.59 Å². The molecule has 2 amide bonds. The van der Waals surface area contributed by atoms with E-state index in [1.54, 1.807) is 11.3 Å². The van der Waals surface area contributed by atoms with E-state index in [2.05, 4.69) is 25.3 Å². The zero-order valence-electron chi connectivity index (χ0n) is 20.1. The molecule has 178 valence electrons. The largest absolute Gasteiger partial charge is 0.491 e. The molecule has 4 rings (SSSR count). The molecule has 0 radical (unpaired) electrons. The van der Waals surface area contributed by atoms with E-state index in [1.165, 1.54) is 10.4 Å². The summed E-state index contributed by atoms with van der Waals surface area (Å²) in [7, 11) is 0. The van der Waals surface area contributed by atoms with Crippen molar-refractivity contribution >= 4 is 23.2 Å². The third kappa shape index (κ3) is 5.26. The lowest BCUT2D eigenvalue weighted by Crippen LogP contribution is -2.51. The summed E-state index contributed by atoms with van der Waals surface area (Å²) in [6.45, 7) is 7.42. The topological polar surface area (TPSA) is 49.9 Å². The normalized spacial score (nSPS) is 19.2. The lowest BCUT2D eigenvalue weighted by atomic mass is 10.00. The highest BCUT2D eigenvalue weighted by molar-refractivity contribution is 7.10. The van der Waals surface area contributed by atoms with Crippen molar-refractivity contribution in [3.63, 3.8) is 0 Å². The Hall–Kier alpha value is -2.34. The van der Waals surface area contributed by atoms with Crippen LogP contribution in [0.1, 0.15) is 68.0 Å². The van der Waals surface area contributed by atoms with Crippen molar-refractivity contribution in [2.45, 2.75) is 71.4 Å². The van der Waals surface area contributed by atoms with Crippen molar-refractivity contribution in [3.05, 3.63) is 51.7 Å². The van der Waals surface area contributed by atoms with Crippen molar-refractivity contribution in [2.75, 3.05) is 19.7 Å². The van der Waals surface area contributed by atoms with Crippen LogP contribution in [0.25, 0.3) is 0 Å². The highest BCUT2D eigenvalue weighted by Crippen LogP contribution is 2.35. The Kier molecular flexibility index (Phi) is 7.74. The van der Waals surface area contributed by atoms with Crippen LogP contribution in [0.3, 0.4) is 0 Å². The van der Waals surface area contributed by atoms with E-state index in [-0.39, 0.29) is 36.4 Å². The molecule has 1 fully saturated rings. The lowest BCUT2D eigenvalue weighted by molar-refractivity contribution is -0.146. The molecule has 1 aliphatic carbocycles. The van der Waals surface area contributed by atoms with Gasteiger partial charge >= 0.3 is 0 Å². The third-order valence-electron chi connectivity index (χ3n) is 7.32. The second-order valence-corrected chi connectivity index (χ2v) is 10.4. The Bertz CT molecular complexity index is 966. The molecule has 2 unspecified atom stereocenters. The van der Waals surface area contributed by atoms with Gasteiger partial charge in [0.15, 0.2) is 0 Å². The number of fused-ring (bicyclic) bond motifs is 1. The summed E-state index contributed by atoms with van der Waals surface area (Å²) < 4.78 is 6.22. The molecular formula is C27H36N2O3S. The van der Waals surface area contributed by atoms with Crippen LogP contribution in [0.2, 0.25) is 0 Å². The van der Waals surface area contributed by atoms with Gasteiger partial charge in [0.2, 0.25) is 11.8 Å². The van der Waals surface area contributed by atoms with Gasteiger partial charge in [-0.1, -0.05) is 38.0 Å². The molecule has 0 saturated heterocycles. The summed E-state index contributed by atoms with van der Waals surface area (Å²) >= 11 is 1.75. The first-order valence-electron chi connectivity index (χ1n) is 12.3. The van der Waals surface area contributed by atoms with Crippen LogP contribution < -0.4 is 4.74 Å². The number of thiophene rings is 1. The van der Waals surface area contributed by atoms with Crippen molar-refractivity contribution in [1.82, 2.24) is 9.80 Å². The summed E-state index contributed by atoms with van der Waals surface area (Å²) in [5.74, 6) is 1.12. The molecule has 5 nitrogen and oxygen atoms in total. The van der Waals surface area contributed by atoms with Crippen LogP contribution in [0.15, 0.2) is 35.7 Å². The number of aryl methyl sites for hydroxylation is 1. The monoisotopic (exact) mass is 468 g/mol. The number of benzene rings is 1. The van der Waals surface area contributed by atoms with Crippen molar-refractivity contribution in [2.24, 2.45) is 5.92 Å². The summed E-state index contributed by atoms with van der Waals surface area (Å²) in [6.07, 6.45) is 5.84. The van der Waals surface area contributed by atoms with Gasteiger partial charge in [0.25, 0.3) is 0 Å². The van der Waals surface area contributed by atoms with E-state index in [4.69, 9.17) is 4.74 Å². The molecule has 2 atom stereocenters. The molecule has 0 bridgehead atoms. The molecule has 0 spiro atoms. The van der Waals surface area contributed by atoms with E-state index < -0.39 is 0 Å². The van der Waals surface area contributed by atoms with Crippen LogP contribution in [0.5, 0.6) is 5.75 Å². The van der Waals surface area contributed by atoms with Crippen LogP contribution >= 0.6 is 11.3 Å². The minimum absolute atomic E-state index is 0.0249. The van der Waals surface area contributed by atoms with Crippen molar-refractivity contribution in [1.29, 1.82) is 0 Å². The summed E-state index contributed by atoms with van der Waals surface area (Å²) in [6, 6.07) is 10.0. The molecule has 1 aromatic carbocycles. The van der Waals surface area contributed by atoms with Gasteiger partial charge in [0.05, 0.1) is 6.04 Å². The van der Waals surface area contributed by atoms with Crippen LogP contribution in [0, 0.1) is 12.8 Å². The van der Waals surface area contributed by atoms with Crippen molar-refractivity contribution < 1.29 is 14.3 Å². The molecule has 1 saturated carbocycles. The average molecular weight is 469 g/mol. The Balaban J connectivity index is 1.52. The van der Waals surface area contributed by atoms with E-state index in [0.717, 1.165) is 49.8 Å². The van der Waals surface area contributed by atoms with Crippen LogP contribution in [-0.2, 0) is 16.0 Å². The van der Waals surface area contributed by atoms with Gasteiger partial charge in [-0.25, -0.2) is 0 Å². The fourth-order valence-corrected chi connectivity index (χ4v) is 6.01. The smallest absolute Gasteiger partial charge is 0.242 e. The van der Waals surface area contributed by atoms with E-state index in [1.807, 2.05) is 41.0 Å². The summed E-state index contributed by atoms with van der Waals surface area (Å²) in [4.78, 5) is 32.1. The standard InChI is InChI=1S/C27H36N2O3S/c1-4-20(3)29(27(31)21-10-6-7-11-21)17-26(30)28-15-13-25-22(14-16-33-25)23(28)18-32-24-12-8-5-9-19(24)2/h5,8-9,12,14,16,20-21,23H,4,6-7,10-11,13,15,17-18H2,1-3H3. The number of rotatable bonds is 8. The van der Waals surface area contributed by atoms with Gasteiger partial charge in [-0.3, -0.25) is 9.59 Å². The van der Waals surface area contributed by atoms with Gasteiger partial charge in [-0.05, 0) is 68.2 Å². The second-order valence-electron chi connectivity index (χ2n) is 9.43. The van der Waals surface area contributed by atoms with Gasteiger partial charge in [0, 0.05) is 23.4 Å². The number of amides is 2. The van der Waals surface area contributed by atoms with Crippen LogP contribution in [0.4, 0.5) is 0 Å². The first-order chi connectivity index (χ1) is 16.0. The third-order valence-corrected chi connectivity index (χ3v) is 8.32. The van der Waals surface area contributed by atoms with Gasteiger partial charge in [-0.15, -0.1) is 11.3 Å². The first-order valence-corrected chi connectivity index (χ1v) is 13.2. The maximum atomic E-state index is 13.6. The number of hydrogen-bond donors (Lipinski definition) is 0. The second kappa shape index (κ2) is 10.7. The molecular weight excluding hydrogens is 432 g/mol. The minimum Gasteiger partial charge on any atom is -0.491 e. The predicted molar refractivity (Wildman–Crippen MR) is 133 cm³/mol. The summed E-state index contributed by atoms with van der Waals surface area (Å²) in [5.41, 5.74) is 2.27. The number of para-hydroxylation sites is 1. The molecule has 1 aliphatic heterocycles. The van der Waals surface area contributed by atoms with Gasteiger partial charge < -0.3 is 14.5 Å². The number of nitrogens with zero attached hydrogens (tertiary/aromatic N) is 2. The van der Waals surface area contributed by atoms with E-state index >= 15 is 0 Å². The number of carbonyl (C=O) groups excluding carboxylic acids is 2. The molecule has 6 heteroatoms. The average Bonchev–Trinajstić information content (AvgIpc) is 3.53. The molecule has 2 aliphatic rings. The maximum Gasteiger partial charge on any atom is 0.242 e. The SMILES string of the molecule is CCC(C)N(CC(=O)N1CCc2sccc2C1COc1ccccc1C)C(=O)C1CCCC1. The highest BCUT2D eigenvalue weighted by atomic mass is 32.1.